The first-order chi connectivity index (χ1) is 17.7. The number of allylic oxidation sites excluding steroid dienone is 4. The van der Waals surface area contributed by atoms with Gasteiger partial charge in [0.25, 0.3) is 0 Å². The van der Waals surface area contributed by atoms with Crippen molar-refractivity contribution in [3.8, 4) is 0 Å². The molecule has 2 aromatic rings. The molecule has 0 saturated carbocycles. The number of nitrogens with zero attached hydrogens (tertiary/aromatic N) is 4. The van der Waals surface area contributed by atoms with Gasteiger partial charge in [-0.2, -0.15) is 0 Å². The summed E-state index contributed by atoms with van der Waals surface area (Å²) >= 11 is 0. The third-order valence-electron chi connectivity index (χ3n) is 7.04. The van der Waals surface area contributed by atoms with Crippen LogP contribution in [0.3, 0.4) is 0 Å². The minimum atomic E-state index is -0.627. The van der Waals surface area contributed by atoms with Crippen molar-refractivity contribution >= 4 is 23.4 Å². The number of piperidine rings is 1. The number of amides is 1. The molecule has 9 heteroatoms. The van der Waals surface area contributed by atoms with Crippen molar-refractivity contribution in [3.05, 3.63) is 76.7 Å². The number of likely N-dealkylation sites (tertiary alicyclic amines) is 1. The second-order valence-electron chi connectivity index (χ2n) is 9.61. The molecule has 1 fully saturated rings. The maximum atomic E-state index is 14.3. The zero-order valence-electron chi connectivity index (χ0n) is 21.0. The van der Waals surface area contributed by atoms with E-state index in [1.54, 1.807) is 37.2 Å². The monoisotopic (exact) mass is 508 g/mol. The quantitative estimate of drug-likeness (QED) is 0.497. The Kier molecular flexibility index (Phi) is 8.21. The summed E-state index contributed by atoms with van der Waals surface area (Å²) in [6.45, 7) is 5.17. The molecule has 1 aromatic heterocycles. The molecule has 2 aliphatic rings. The van der Waals surface area contributed by atoms with E-state index in [2.05, 4.69) is 9.97 Å². The van der Waals surface area contributed by atoms with E-state index < -0.39 is 11.6 Å². The largest absolute Gasteiger partial charge is 0.343 e. The molecule has 0 atom stereocenters. The highest BCUT2D eigenvalue weighted by Gasteiger charge is 2.28. The van der Waals surface area contributed by atoms with Crippen LogP contribution in [-0.4, -0.2) is 52.0 Å². The van der Waals surface area contributed by atoms with Crippen LogP contribution in [0.5, 0.6) is 0 Å². The van der Waals surface area contributed by atoms with Gasteiger partial charge in [0.1, 0.15) is 11.6 Å². The lowest BCUT2D eigenvalue weighted by atomic mass is 9.88. The van der Waals surface area contributed by atoms with Gasteiger partial charge in [-0.3, -0.25) is 14.4 Å². The Morgan fingerprint density at radius 2 is 1.81 bits per heavy atom. The van der Waals surface area contributed by atoms with Crippen LogP contribution in [0.4, 0.5) is 14.7 Å². The molecule has 0 unspecified atom stereocenters. The minimum absolute atomic E-state index is 0.0399. The van der Waals surface area contributed by atoms with E-state index in [1.807, 2.05) is 4.90 Å². The molecule has 7 nitrogen and oxygen atoms in total. The molecule has 0 spiro atoms. The van der Waals surface area contributed by atoms with Gasteiger partial charge in [-0.05, 0) is 57.2 Å². The molecule has 37 heavy (non-hydrogen) atoms. The second kappa shape index (κ2) is 11.5. The number of halogens is 2. The number of carbonyl (C=O) groups excluding carboxylic acids is 3. The van der Waals surface area contributed by atoms with Crippen LogP contribution < -0.4 is 4.90 Å². The van der Waals surface area contributed by atoms with Crippen LogP contribution in [0, 0.1) is 17.6 Å². The smallest absolute Gasteiger partial charge is 0.225 e. The molecule has 1 aliphatic heterocycles. The highest BCUT2D eigenvalue weighted by atomic mass is 19.1. The molecule has 194 valence electrons. The van der Waals surface area contributed by atoms with Gasteiger partial charge in [-0.25, -0.2) is 18.7 Å². The van der Waals surface area contributed by atoms with E-state index in [-0.39, 0.29) is 42.8 Å². The summed E-state index contributed by atoms with van der Waals surface area (Å²) in [5.41, 5.74) is 1.63. The van der Waals surface area contributed by atoms with Gasteiger partial charge in [0.05, 0.1) is 0 Å². The van der Waals surface area contributed by atoms with Crippen molar-refractivity contribution in [2.24, 2.45) is 5.92 Å². The van der Waals surface area contributed by atoms with Gasteiger partial charge < -0.3 is 9.80 Å². The van der Waals surface area contributed by atoms with Gasteiger partial charge in [-0.15, -0.1) is 0 Å². The van der Waals surface area contributed by atoms with Gasteiger partial charge in [0, 0.05) is 73.3 Å². The van der Waals surface area contributed by atoms with Crippen molar-refractivity contribution in [2.75, 3.05) is 24.5 Å². The Balaban J connectivity index is 1.34. The maximum absolute atomic E-state index is 14.3. The summed E-state index contributed by atoms with van der Waals surface area (Å²) in [6.07, 6.45) is 6.52. The number of Topliss-reactive ketones (excluding diaryl/α,β-unsaturated/α-hetero) is 1. The topological polar surface area (TPSA) is 83.5 Å². The van der Waals surface area contributed by atoms with Crippen LogP contribution in [-0.2, 0) is 20.9 Å². The van der Waals surface area contributed by atoms with Crippen LogP contribution >= 0.6 is 0 Å². The highest BCUT2D eigenvalue weighted by molar-refractivity contribution is 6.22. The number of carbonyl (C=O) groups is 3. The summed E-state index contributed by atoms with van der Waals surface area (Å²) in [6, 6.07) is 5.24. The van der Waals surface area contributed by atoms with Crippen LogP contribution in [0.25, 0.3) is 0 Å². The summed E-state index contributed by atoms with van der Waals surface area (Å²) in [4.78, 5) is 49.6. The average Bonchev–Trinajstić information content (AvgIpc) is 2.89. The first kappa shape index (κ1) is 26.3. The molecular formula is C28H30F2N4O3. The number of hydrogen-bond donors (Lipinski definition) is 0. The van der Waals surface area contributed by atoms with Crippen LogP contribution in [0.1, 0.15) is 45.1 Å². The van der Waals surface area contributed by atoms with Crippen LogP contribution in [0.2, 0.25) is 0 Å². The SMILES string of the molecule is CC1=CC(=O)C(CCC(=O)N2CCC(CN(Cc3ccc(F)cc3F)c3ncccn3)CC2)=C(C)C1=O. The fourth-order valence-corrected chi connectivity index (χ4v) is 4.87. The standard InChI is InChI=1S/C28H30F2N4O3/c1-18-14-25(35)23(19(2)27(18)37)6-7-26(36)33-12-8-20(9-13-33)16-34(28-31-10-3-11-32-28)17-21-4-5-22(29)15-24(21)30/h3-5,10-11,14-15,20H,6-9,12-13,16-17H2,1-2H3. The van der Waals surface area contributed by atoms with Gasteiger partial charge in [0.15, 0.2) is 11.6 Å². The van der Waals surface area contributed by atoms with Crippen molar-refractivity contribution in [1.82, 2.24) is 14.9 Å². The molecule has 1 amide bonds. The van der Waals surface area contributed by atoms with E-state index in [9.17, 15) is 23.2 Å². The molecule has 0 N–H and O–H groups in total. The average molecular weight is 509 g/mol. The van der Waals surface area contributed by atoms with Crippen molar-refractivity contribution in [1.29, 1.82) is 0 Å². The molecule has 1 aliphatic carbocycles. The normalized spacial score (nSPS) is 16.8. The van der Waals surface area contributed by atoms with E-state index in [0.717, 1.165) is 18.9 Å². The number of anilines is 1. The van der Waals surface area contributed by atoms with Crippen molar-refractivity contribution in [2.45, 2.75) is 46.1 Å². The van der Waals surface area contributed by atoms with Crippen molar-refractivity contribution in [3.63, 3.8) is 0 Å². The summed E-state index contributed by atoms with van der Waals surface area (Å²) in [7, 11) is 0. The van der Waals surface area contributed by atoms with Crippen LogP contribution in [0.15, 0.2) is 59.5 Å². The fourth-order valence-electron chi connectivity index (χ4n) is 4.87. The lowest BCUT2D eigenvalue weighted by Gasteiger charge is -2.35. The Morgan fingerprint density at radius 3 is 2.49 bits per heavy atom. The summed E-state index contributed by atoms with van der Waals surface area (Å²) < 4.78 is 27.7. The fraction of sp³-hybridized carbons (Fsp3) is 0.393. The lowest BCUT2D eigenvalue weighted by Crippen LogP contribution is -2.42. The second-order valence-corrected chi connectivity index (χ2v) is 9.61. The molecule has 1 aromatic carbocycles. The zero-order valence-corrected chi connectivity index (χ0v) is 21.0. The zero-order chi connectivity index (χ0) is 26.5. The molecule has 1 saturated heterocycles. The summed E-state index contributed by atoms with van der Waals surface area (Å²) in [5.74, 6) is -0.927. The Labute approximate surface area is 214 Å². The van der Waals surface area contributed by atoms with E-state index in [1.165, 1.54) is 18.2 Å². The molecular weight excluding hydrogens is 478 g/mol. The third-order valence-corrected chi connectivity index (χ3v) is 7.04. The number of aromatic nitrogens is 2. The highest BCUT2D eigenvalue weighted by Crippen LogP contribution is 2.25. The molecule has 2 heterocycles. The minimum Gasteiger partial charge on any atom is -0.343 e. The number of rotatable bonds is 8. The van der Waals surface area contributed by atoms with Crippen molar-refractivity contribution < 1.29 is 23.2 Å². The Hall–Kier alpha value is -3.75. The van der Waals surface area contributed by atoms with Gasteiger partial charge >= 0.3 is 0 Å². The molecule has 0 bridgehead atoms. The van der Waals surface area contributed by atoms with E-state index in [0.29, 0.717) is 47.9 Å². The first-order valence-corrected chi connectivity index (χ1v) is 12.4. The van der Waals surface area contributed by atoms with E-state index >= 15 is 0 Å². The number of ketones is 2. The Bertz CT molecular complexity index is 1250. The van der Waals surface area contributed by atoms with Gasteiger partial charge in [-0.1, -0.05) is 6.07 Å². The van der Waals surface area contributed by atoms with Gasteiger partial charge in [0.2, 0.25) is 11.9 Å². The number of benzene rings is 1. The lowest BCUT2D eigenvalue weighted by molar-refractivity contribution is -0.132. The summed E-state index contributed by atoms with van der Waals surface area (Å²) in [5, 5.41) is 0. The predicted molar refractivity (Wildman–Crippen MR) is 134 cm³/mol. The number of hydrogen-bond acceptors (Lipinski definition) is 6. The molecule has 0 radical (unpaired) electrons. The first-order valence-electron chi connectivity index (χ1n) is 12.4. The van der Waals surface area contributed by atoms with E-state index in [4.69, 9.17) is 0 Å². The third kappa shape index (κ3) is 6.34. The predicted octanol–water partition coefficient (Wildman–Crippen LogP) is 4.19. The Morgan fingerprint density at radius 1 is 1.11 bits per heavy atom. The maximum Gasteiger partial charge on any atom is 0.225 e. The molecule has 4 rings (SSSR count).